The Kier molecular flexibility index (Phi) is 4.08. The molecule has 3 N–H and O–H groups in total. The van der Waals surface area contributed by atoms with Gasteiger partial charge in [0.25, 0.3) is 0 Å². The Bertz CT molecular complexity index is 561. The van der Waals surface area contributed by atoms with Gasteiger partial charge in [-0.2, -0.15) is 0 Å². The van der Waals surface area contributed by atoms with Gasteiger partial charge in [-0.05, 0) is 36.8 Å². The molecule has 0 aromatic heterocycles. The van der Waals surface area contributed by atoms with Crippen LogP contribution in [0, 0.1) is 0 Å². The molecule has 1 unspecified atom stereocenters. The molecule has 0 heterocycles. The van der Waals surface area contributed by atoms with Crippen molar-refractivity contribution in [2.45, 2.75) is 13.0 Å². The van der Waals surface area contributed by atoms with Crippen molar-refractivity contribution in [3.63, 3.8) is 0 Å². The number of halogens is 2. The molecule has 0 fully saturated rings. The second-order valence-corrected chi connectivity index (χ2v) is 5.06. The predicted octanol–water partition coefficient (Wildman–Crippen LogP) is 4.58. The summed E-state index contributed by atoms with van der Waals surface area (Å²) < 4.78 is 0. The van der Waals surface area contributed by atoms with Crippen LogP contribution in [0.4, 0.5) is 5.69 Å². The highest BCUT2D eigenvalue weighted by Crippen LogP contribution is 2.34. The van der Waals surface area contributed by atoms with Crippen molar-refractivity contribution in [1.29, 1.82) is 0 Å². The van der Waals surface area contributed by atoms with Gasteiger partial charge in [0, 0.05) is 12.1 Å². The van der Waals surface area contributed by atoms with Gasteiger partial charge in [-0.25, -0.2) is 0 Å². The van der Waals surface area contributed by atoms with Crippen LogP contribution in [0.15, 0.2) is 36.4 Å². The summed E-state index contributed by atoms with van der Waals surface area (Å²) >= 11 is 12.2. The molecule has 0 aliphatic rings. The van der Waals surface area contributed by atoms with E-state index in [0.717, 1.165) is 5.56 Å². The van der Waals surface area contributed by atoms with Gasteiger partial charge in [0.2, 0.25) is 0 Å². The lowest BCUT2D eigenvalue weighted by atomic mass is 10.1. The first kappa shape index (κ1) is 13.8. The molecule has 0 spiro atoms. The molecule has 2 aromatic rings. The quantitative estimate of drug-likeness (QED) is 0.777. The van der Waals surface area contributed by atoms with Crippen LogP contribution in [0.5, 0.6) is 11.5 Å². The Labute approximate surface area is 121 Å². The van der Waals surface area contributed by atoms with Gasteiger partial charge >= 0.3 is 0 Å². The Morgan fingerprint density at radius 3 is 2.05 bits per heavy atom. The number of hydrogen-bond donors (Lipinski definition) is 3. The molecule has 19 heavy (non-hydrogen) atoms. The Morgan fingerprint density at radius 2 is 1.53 bits per heavy atom. The second-order valence-electron chi connectivity index (χ2n) is 4.25. The van der Waals surface area contributed by atoms with Crippen molar-refractivity contribution in [3.8, 4) is 11.5 Å². The van der Waals surface area contributed by atoms with Gasteiger partial charge in [0.15, 0.2) is 0 Å². The van der Waals surface area contributed by atoms with E-state index in [9.17, 15) is 10.2 Å². The highest BCUT2D eigenvalue weighted by molar-refractivity contribution is 6.39. The summed E-state index contributed by atoms with van der Waals surface area (Å²) in [6, 6.07) is 9.49. The normalized spacial score (nSPS) is 12.2. The zero-order chi connectivity index (χ0) is 14.0. The van der Waals surface area contributed by atoms with Crippen LogP contribution in [-0.4, -0.2) is 10.2 Å². The van der Waals surface area contributed by atoms with E-state index in [2.05, 4.69) is 5.32 Å². The second kappa shape index (κ2) is 5.59. The van der Waals surface area contributed by atoms with E-state index in [1.165, 1.54) is 6.07 Å². The van der Waals surface area contributed by atoms with Gasteiger partial charge in [0.05, 0.1) is 15.7 Å². The lowest BCUT2D eigenvalue weighted by Gasteiger charge is -2.18. The average Bonchev–Trinajstić information content (AvgIpc) is 2.32. The lowest BCUT2D eigenvalue weighted by molar-refractivity contribution is 0.448. The van der Waals surface area contributed by atoms with Crippen LogP contribution >= 0.6 is 23.2 Å². The molecule has 2 aromatic carbocycles. The first-order valence-corrected chi connectivity index (χ1v) is 6.46. The van der Waals surface area contributed by atoms with Crippen LogP contribution in [-0.2, 0) is 0 Å². The average molecular weight is 298 g/mol. The molecule has 0 saturated carbocycles. The topological polar surface area (TPSA) is 52.5 Å². The Morgan fingerprint density at radius 1 is 1.00 bits per heavy atom. The molecule has 3 nitrogen and oxygen atoms in total. The van der Waals surface area contributed by atoms with Crippen LogP contribution in [0.25, 0.3) is 0 Å². The highest BCUT2D eigenvalue weighted by atomic mass is 35.5. The van der Waals surface area contributed by atoms with E-state index in [-0.39, 0.29) is 17.5 Å². The molecule has 2 rings (SSSR count). The number of para-hydroxylation sites is 1. The Balaban J connectivity index is 2.28. The molecular formula is C14H13Cl2NO2. The minimum atomic E-state index is -0.171. The van der Waals surface area contributed by atoms with Gasteiger partial charge in [-0.1, -0.05) is 29.3 Å². The van der Waals surface area contributed by atoms with Crippen molar-refractivity contribution < 1.29 is 10.2 Å². The van der Waals surface area contributed by atoms with E-state index in [4.69, 9.17) is 23.2 Å². The largest absolute Gasteiger partial charge is 0.508 e. The number of aromatic hydroxyl groups is 2. The first-order chi connectivity index (χ1) is 8.97. The smallest absolute Gasteiger partial charge is 0.119 e. The number of nitrogens with one attached hydrogen (secondary N) is 1. The fraction of sp³-hybridized carbons (Fsp3) is 0.143. The Hall–Kier alpha value is -1.58. The van der Waals surface area contributed by atoms with Gasteiger partial charge < -0.3 is 15.5 Å². The molecule has 0 saturated heterocycles. The SMILES string of the molecule is CC(Nc1c(Cl)cccc1Cl)c1cc(O)cc(O)c1. The molecular weight excluding hydrogens is 285 g/mol. The molecule has 0 radical (unpaired) electrons. The fourth-order valence-corrected chi connectivity index (χ4v) is 2.31. The van der Waals surface area contributed by atoms with Crippen LogP contribution in [0.2, 0.25) is 10.0 Å². The summed E-state index contributed by atoms with van der Waals surface area (Å²) in [6.45, 7) is 1.88. The van der Waals surface area contributed by atoms with Crippen molar-refractivity contribution >= 4 is 28.9 Å². The number of hydrogen-bond acceptors (Lipinski definition) is 3. The maximum Gasteiger partial charge on any atom is 0.119 e. The van der Waals surface area contributed by atoms with Crippen molar-refractivity contribution in [2.24, 2.45) is 0 Å². The molecule has 0 amide bonds. The standard InChI is InChI=1S/C14H13Cl2NO2/c1-8(9-5-10(18)7-11(19)6-9)17-14-12(15)3-2-4-13(14)16/h2-8,17-19H,1H3. The van der Waals surface area contributed by atoms with Crippen molar-refractivity contribution in [1.82, 2.24) is 0 Å². The number of benzene rings is 2. The molecule has 5 heteroatoms. The third-order valence-corrected chi connectivity index (χ3v) is 3.38. The maximum absolute atomic E-state index is 9.48. The van der Waals surface area contributed by atoms with E-state index < -0.39 is 0 Å². The van der Waals surface area contributed by atoms with Gasteiger partial charge in [-0.3, -0.25) is 0 Å². The summed E-state index contributed by atoms with van der Waals surface area (Å²) in [4.78, 5) is 0. The van der Waals surface area contributed by atoms with Crippen LogP contribution in [0.1, 0.15) is 18.5 Å². The van der Waals surface area contributed by atoms with Crippen molar-refractivity contribution in [3.05, 3.63) is 52.0 Å². The third-order valence-electron chi connectivity index (χ3n) is 2.75. The predicted molar refractivity (Wildman–Crippen MR) is 78.3 cm³/mol. The molecule has 1 atom stereocenters. The first-order valence-electron chi connectivity index (χ1n) is 5.71. The lowest BCUT2D eigenvalue weighted by Crippen LogP contribution is -2.07. The van der Waals surface area contributed by atoms with Gasteiger partial charge in [0.1, 0.15) is 11.5 Å². The minimum Gasteiger partial charge on any atom is -0.508 e. The zero-order valence-electron chi connectivity index (χ0n) is 10.2. The third kappa shape index (κ3) is 3.25. The van der Waals surface area contributed by atoms with Crippen LogP contribution < -0.4 is 5.32 Å². The maximum atomic E-state index is 9.48. The number of rotatable bonds is 3. The van der Waals surface area contributed by atoms with E-state index >= 15 is 0 Å². The summed E-state index contributed by atoms with van der Waals surface area (Å²) in [5.74, 6) is 0.0165. The summed E-state index contributed by atoms with van der Waals surface area (Å²) in [5, 5.41) is 23.2. The molecule has 0 aliphatic heterocycles. The number of phenols is 2. The molecule has 0 aliphatic carbocycles. The minimum absolute atomic E-state index is 0.00825. The van der Waals surface area contributed by atoms with Crippen molar-refractivity contribution in [2.75, 3.05) is 5.32 Å². The van der Waals surface area contributed by atoms with Gasteiger partial charge in [-0.15, -0.1) is 0 Å². The monoisotopic (exact) mass is 297 g/mol. The van der Waals surface area contributed by atoms with E-state index in [1.54, 1.807) is 30.3 Å². The summed E-state index contributed by atoms with van der Waals surface area (Å²) in [5.41, 5.74) is 1.36. The number of anilines is 1. The molecule has 0 bridgehead atoms. The highest BCUT2D eigenvalue weighted by Gasteiger charge is 2.12. The van der Waals surface area contributed by atoms with E-state index in [1.807, 2.05) is 6.92 Å². The fourth-order valence-electron chi connectivity index (χ4n) is 1.80. The zero-order valence-corrected chi connectivity index (χ0v) is 11.7. The summed E-state index contributed by atoms with van der Waals surface area (Å²) in [6.07, 6.45) is 0. The van der Waals surface area contributed by atoms with Crippen LogP contribution in [0.3, 0.4) is 0 Å². The number of phenolic OH excluding ortho intramolecular Hbond substituents is 2. The van der Waals surface area contributed by atoms with E-state index in [0.29, 0.717) is 15.7 Å². The summed E-state index contributed by atoms with van der Waals surface area (Å²) in [7, 11) is 0. The molecule has 100 valence electrons.